The highest BCUT2D eigenvalue weighted by Gasteiger charge is 2.26. The van der Waals surface area contributed by atoms with Gasteiger partial charge in [0.05, 0.1) is 16.8 Å². The Labute approximate surface area is 173 Å². The normalized spacial score (nSPS) is 15.6. The standard InChI is InChI=1S/C22H20ClN3O3/c1-13-8-9-17-15(11-13)20(14-5-2-3-6-16(14)25-17)22(28)29-12-19(27)26-18-7-4-10-24-21(18)23/h2-7,10,13H,8-9,11-12H2,1H3,(H,26,27)/t13-/m1/s1. The van der Waals surface area contributed by atoms with Crippen molar-refractivity contribution in [3.63, 3.8) is 0 Å². The zero-order valence-electron chi connectivity index (χ0n) is 15.9. The number of pyridine rings is 2. The molecule has 0 unspecified atom stereocenters. The number of carbonyl (C=O) groups excluding carboxylic acids is 2. The number of carbonyl (C=O) groups is 2. The van der Waals surface area contributed by atoms with Gasteiger partial charge in [0, 0.05) is 17.3 Å². The van der Waals surface area contributed by atoms with Gasteiger partial charge in [-0.3, -0.25) is 9.78 Å². The molecular weight excluding hydrogens is 390 g/mol. The number of hydrogen-bond acceptors (Lipinski definition) is 5. The first kappa shape index (κ1) is 19.3. The molecule has 0 saturated carbocycles. The molecule has 1 amide bonds. The van der Waals surface area contributed by atoms with Crippen molar-refractivity contribution in [2.45, 2.75) is 26.2 Å². The lowest BCUT2D eigenvalue weighted by Crippen LogP contribution is -2.23. The summed E-state index contributed by atoms with van der Waals surface area (Å²) >= 11 is 5.94. The minimum Gasteiger partial charge on any atom is -0.452 e. The van der Waals surface area contributed by atoms with Crippen LogP contribution in [0, 0.1) is 5.92 Å². The summed E-state index contributed by atoms with van der Waals surface area (Å²) in [5, 5.41) is 3.53. The second-order valence-electron chi connectivity index (χ2n) is 7.24. The van der Waals surface area contributed by atoms with Gasteiger partial charge < -0.3 is 10.1 Å². The first-order valence-corrected chi connectivity index (χ1v) is 9.88. The molecule has 0 fully saturated rings. The van der Waals surface area contributed by atoms with Crippen LogP contribution in [-0.4, -0.2) is 28.5 Å². The van der Waals surface area contributed by atoms with Gasteiger partial charge in [0.2, 0.25) is 0 Å². The van der Waals surface area contributed by atoms with Crippen LogP contribution in [0.15, 0.2) is 42.6 Å². The largest absolute Gasteiger partial charge is 0.452 e. The van der Waals surface area contributed by atoms with Gasteiger partial charge in [-0.25, -0.2) is 9.78 Å². The van der Waals surface area contributed by atoms with E-state index < -0.39 is 18.5 Å². The summed E-state index contributed by atoms with van der Waals surface area (Å²) in [5.74, 6) is -0.525. The van der Waals surface area contributed by atoms with Crippen LogP contribution >= 0.6 is 11.6 Å². The summed E-state index contributed by atoms with van der Waals surface area (Å²) in [6.07, 6.45) is 4.18. The Morgan fingerprint density at radius 1 is 1.24 bits per heavy atom. The number of para-hydroxylation sites is 1. The zero-order chi connectivity index (χ0) is 20.4. The Bertz CT molecular complexity index is 1100. The predicted molar refractivity (Wildman–Crippen MR) is 111 cm³/mol. The molecule has 148 valence electrons. The summed E-state index contributed by atoms with van der Waals surface area (Å²) in [4.78, 5) is 33.9. The highest BCUT2D eigenvalue weighted by molar-refractivity contribution is 6.32. The van der Waals surface area contributed by atoms with E-state index in [0.717, 1.165) is 41.4 Å². The Morgan fingerprint density at radius 2 is 2.07 bits per heavy atom. The fourth-order valence-corrected chi connectivity index (χ4v) is 3.83. The van der Waals surface area contributed by atoms with Crippen molar-refractivity contribution in [3.8, 4) is 0 Å². The second-order valence-corrected chi connectivity index (χ2v) is 7.60. The molecular formula is C22H20ClN3O3. The molecule has 1 N–H and O–H groups in total. The number of halogens is 1. The van der Waals surface area contributed by atoms with E-state index in [9.17, 15) is 9.59 Å². The fourth-order valence-electron chi connectivity index (χ4n) is 3.66. The van der Waals surface area contributed by atoms with Crippen LogP contribution in [0.2, 0.25) is 5.15 Å². The Morgan fingerprint density at radius 3 is 2.90 bits per heavy atom. The molecule has 1 aliphatic rings. The smallest absolute Gasteiger partial charge is 0.339 e. The molecule has 29 heavy (non-hydrogen) atoms. The van der Waals surface area contributed by atoms with Gasteiger partial charge >= 0.3 is 5.97 Å². The summed E-state index contributed by atoms with van der Waals surface area (Å²) in [7, 11) is 0. The molecule has 0 aliphatic heterocycles. The molecule has 7 heteroatoms. The van der Waals surface area contributed by atoms with Crippen molar-refractivity contribution >= 4 is 40.1 Å². The minimum absolute atomic E-state index is 0.176. The molecule has 1 aliphatic carbocycles. The molecule has 2 aromatic heterocycles. The first-order chi connectivity index (χ1) is 14.0. The van der Waals surface area contributed by atoms with Crippen molar-refractivity contribution in [1.29, 1.82) is 0 Å². The Kier molecular flexibility index (Phi) is 5.45. The summed E-state index contributed by atoms with van der Waals surface area (Å²) in [6.45, 7) is 1.75. The van der Waals surface area contributed by atoms with Gasteiger partial charge in [0.15, 0.2) is 11.8 Å². The van der Waals surface area contributed by atoms with Crippen molar-refractivity contribution in [3.05, 3.63) is 64.6 Å². The van der Waals surface area contributed by atoms with Crippen molar-refractivity contribution < 1.29 is 14.3 Å². The highest BCUT2D eigenvalue weighted by Crippen LogP contribution is 2.32. The van der Waals surface area contributed by atoms with Crippen LogP contribution in [-0.2, 0) is 22.4 Å². The third kappa shape index (κ3) is 4.07. The maximum atomic E-state index is 13.0. The Hall–Kier alpha value is -2.99. The van der Waals surface area contributed by atoms with E-state index in [4.69, 9.17) is 21.3 Å². The topological polar surface area (TPSA) is 81.2 Å². The third-order valence-corrected chi connectivity index (χ3v) is 5.38. The number of rotatable bonds is 4. The number of aryl methyl sites for hydroxylation is 1. The van der Waals surface area contributed by atoms with E-state index in [1.807, 2.05) is 24.3 Å². The number of nitrogens with zero attached hydrogens (tertiary/aromatic N) is 2. The molecule has 0 bridgehead atoms. The van der Waals surface area contributed by atoms with Crippen LogP contribution in [0.1, 0.15) is 35.0 Å². The molecule has 0 spiro atoms. The second kappa shape index (κ2) is 8.17. The van der Waals surface area contributed by atoms with E-state index in [0.29, 0.717) is 17.2 Å². The van der Waals surface area contributed by atoms with Gasteiger partial charge in [-0.15, -0.1) is 0 Å². The highest BCUT2D eigenvalue weighted by atomic mass is 35.5. The lowest BCUT2D eigenvalue weighted by Gasteiger charge is -2.24. The third-order valence-electron chi connectivity index (χ3n) is 5.08. The lowest BCUT2D eigenvalue weighted by atomic mass is 9.84. The van der Waals surface area contributed by atoms with E-state index >= 15 is 0 Å². The minimum atomic E-state index is -0.513. The summed E-state index contributed by atoms with van der Waals surface area (Å²) < 4.78 is 5.37. The van der Waals surface area contributed by atoms with Gasteiger partial charge in [-0.2, -0.15) is 0 Å². The maximum absolute atomic E-state index is 13.0. The van der Waals surface area contributed by atoms with Crippen molar-refractivity contribution in [2.75, 3.05) is 11.9 Å². The fraction of sp³-hybridized carbons (Fsp3) is 0.273. The molecule has 1 atom stereocenters. The molecule has 3 aromatic rings. The quantitative estimate of drug-likeness (QED) is 0.515. The zero-order valence-corrected chi connectivity index (χ0v) is 16.7. The molecule has 0 radical (unpaired) electrons. The van der Waals surface area contributed by atoms with Crippen LogP contribution in [0.5, 0.6) is 0 Å². The predicted octanol–water partition coefficient (Wildman–Crippen LogP) is 4.20. The maximum Gasteiger partial charge on any atom is 0.339 e. The number of fused-ring (bicyclic) bond motifs is 2. The lowest BCUT2D eigenvalue weighted by molar-refractivity contribution is -0.119. The molecule has 4 rings (SSSR count). The molecule has 6 nitrogen and oxygen atoms in total. The number of nitrogens with one attached hydrogen (secondary N) is 1. The molecule has 0 saturated heterocycles. The van der Waals surface area contributed by atoms with Crippen LogP contribution in [0.25, 0.3) is 10.9 Å². The van der Waals surface area contributed by atoms with Gasteiger partial charge in [0.1, 0.15) is 0 Å². The number of ether oxygens (including phenoxy) is 1. The number of amides is 1. The summed E-state index contributed by atoms with van der Waals surface area (Å²) in [5.41, 5.74) is 3.53. The molecule has 2 heterocycles. The van der Waals surface area contributed by atoms with E-state index in [1.165, 1.54) is 6.20 Å². The number of benzene rings is 1. The van der Waals surface area contributed by atoms with Crippen LogP contribution in [0.3, 0.4) is 0 Å². The first-order valence-electron chi connectivity index (χ1n) is 9.51. The number of hydrogen-bond donors (Lipinski definition) is 1. The van der Waals surface area contributed by atoms with Crippen LogP contribution in [0.4, 0.5) is 5.69 Å². The Balaban J connectivity index is 1.57. The van der Waals surface area contributed by atoms with Gasteiger partial charge in [-0.1, -0.05) is 36.7 Å². The van der Waals surface area contributed by atoms with Crippen molar-refractivity contribution in [2.24, 2.45) is 5.92 Å². The van der Waals surface area contributed by atoms with E-state index in [-0.39, 0.29) is 5.15 Å². The van der Waals surface area contributed by atoms with Crippen molar-refractivity contribution in [1.82, 2.24) is 9.97 Å². The van der Waals surface area contributed by atoms with Gasteiger partial charge in [-0.05, 0) is 48.9 Å². The molecule has 1 aromatic carbocycles. The van der Waals surface area contributed by atoms with Crippen LogP contribution < -0.4 is 5.32 Å². The number of esters is 1. The number of anilines is 1. The van der Waals surface area contributed by atoms with Gasteiger partial charge in [0.25, 0.3) is 5.91 Å². The summed E-state index contributed by atoms with van der Waals surface area (Å²) in [6, 6.07) is 10.8. The van der Waals surface area contributed by atoms with E-state index in [2.05, 4.69) is 17.2 Å². The average molecular weight is 410 g/mol. The SMILES string of the molecule is C[C@@H]1CCc2nc3ccccc3c(C(=O)OCC(=O)Nc3cccnc3Cl)c2C1. The average Bonchev–Trinajstić information content (AvgIpc) is 2.72. The number of aromatic nitrogens is 2. The van der Waals surface area contributed by atoms with E-state index in [1.54, 1.807) is 12.1 Å². The monoisotopic (exact) mass is 409 g/mol.